The van der Waals surface area contributed by atoms with Gasteiger partial charge >= 0.3 is 5.97 Å². The Balaban J connectivity index is 1.98. The van der Waals surface area contributed by atoms with Gasteiger partial charge in [0.1, 0.15) is 5.75 Å². The van der Waals surface area contributed by atoms with E-state index in [-0.39, 0.29) is 18.6 Å². The molecule has 0 saturated carbocycles. The van der Waals surface area contributed by atoms with E-state index in [1.807, 2.05) is 6.92 Å². The van der Waals surface area contributed by atoms with Crippen LogP contribution in [0.5, 0.6) is 5.75 Å². The summed E-state index contributed by atoms with van der Waals surface area (Å²) in [6.45, 7) is 3.23. The molecule has 0 radical (unpaired) electrons. The van der Waals surface area contributed by atoms with Gasteiger partial charge < -0.3 is 15.2 Å². The SMILES string of the molecule is Cc1cc(C(=O)NC(C)c2ccc(OCC(=O)O)cc2)cnn1. The molecule has 1 heterocycles. The number of carboxylic acids is 1. The highest BCUT2D eigenvalue weighted by molar-refractivity contribution is 5.94. The molecule has 0 spiro atoms. The van der Waals surface area contributed by atoms with E-state index in [9.17, 15) is 9.59 Å². The minimum Gasteiger partial charge on any atom is -0.482 e. The molecule has 0 bridgehead atoms. The van der Waals surface area contributed by atoms with Crippen LogP contribution in [-0.2, 0) is 4.79 Å². The number of nitrogens with one attached hydrogen (secondary N) is 1. The Bertz CT molecular complexity index is 701. The maximum atomic E-state index is 12.2. The van der Waals surface area contributed by atoms with E-state index >= 15 is 0 Å². The standard InChI is InChI=1S/C16H17N3O4/c1-10-7-13(8-17-19-10)16(22)18-11(2)12-3-5-14(6-4-12)23-9-15(20)21/h3-8,11H,9H2,1-2H3,(H,18,22)(H,20,21). The number of benzene rings is 1. The molecule has 23 heavy (non-hydrogen) atoms. The smallest absolute Gasteiger partial charge is 0.341 e. The molecule has 0 fully saturated rings. The van der Waals surface area contributed by atoms with Gasteiger partial charge in [0.25, 0.3) is 5.91 Å². The topological polar surface area (TPSA) is 101 Å². The van der Waals surface area contributed by atoms with Gasteiger partial charge in [0.05, 0.1) is 23.5 Å². The number of amides is 1. The minimum absolute atomic E-state index is 0.218. The van der Waals surface area contributed by atoms with Crippen molar-refractivity contribution >= 4 is 11.9 Å². The zero-order valence-electron chi connectivity index (χ0n) is 12.8. The Morgan fingerprint density at radius 3 is 2.61 bits per heavy atom. The molecule has 7 nitrogen and oxygen atoms in total. The fraction of sp³-hybridized carbons (Fsp3) is 0.250. The third-order valence-electron chi connectivity index (χ3n) is 3.13. The second-order valence-electron chi connectivity index (χ2n) is 5.03. The van der Waals surface area contributed by atoms with Gasteiger partial charge in [-0.15, -0.1) is 0 Å². The molecule has 1 aromatic heterocycles. The van der Waals surface area contributed by atoms with Crippen LogP contribution in [0.4, 0.5) is 0 Å². The van der Waals surface area contributed by atoms with Crippen LogP contribution in [0, 0.1) is 6.92 Å². The first kappa shape index (κ1) is 16.4. The molecule has 1 unspecified atom stereocenters. The van der Waals surface area contributed by atoms with E-state index in [4.69, 9.17) is 9.84 Å². The van der Waals surface area contributed by atoms with Gasteiger partial charge in [-0.3, -0.25) is 4.79 Å². The van der Waals surface area contributed by atoms with E-state index in [1.165, 1.54) is 6.20 Å². The van der Waals surface area contributed by atoms with Crippen molar-refractivity contribution < 1.29 is 19.4 Å². The zero-order valence-corrected chi connectivity index (χ0v) is 12.8. The fourth-order valence-electron chi connectivity index (χ4n) is 1.96. The van der Waals surface area contributed by atoms with Gasteiger partial charge in [-0.05, 0) is 37.6 Å². The lowest BCUT2D eigenvalue weighted by molar-refractivity contribution is -0.139. The largest absolute Gasteiger partial charge is 0.482 e. The van der Waals surface area contributed by atoms with Crippen LogP contribution in [0.25, 0.3) is 0 Å². The fourth-order valence-corrected chi connectivity index (χ4v) is 1.96. The maximum absolute atomic E-state index is 12.2. The van der Waals surface area contributed by atoms with Crippen LogP contribution < -0.4 is 10.1 Å². The summed E-state index contributed by atoms with van der Waals surface area (Å²) >= 11 is 0. The van der Waals surface area contributed by atoms with Crippen molar-refractivity contribution in [3.8, 4) is 5.75 Å². The molecule has 7 heteroatoms. The Hall–Kier alpha value is -2.96. The normalized spacial score (nSPS) is 11.6. The van der Waals surface area contributed by atoms with E-state index < -0.39 is 5.97 Å². The molecular weight excluding hydrogens is 298 g/mol. The summed E-state index contributed by atoms with van der Waals surface area (Å²) in [6, 6.07) is 8.33. The van der Waals surface area contributed by atoms with Gasteiger partial charge in [-0.2, -0.15) is 10.2 Å². The average molecular weight is 315 g/mol. The molecular formula is C16H17N3O4. The van der Waals surface area contributed by atoms with Gasteiger partial charge in [-0.25, -0.2) is 4.79 Å². The number of carbonyl (C=O) groups is 2. The van der Waals surface area contributed by atoms with Gasteiger partial charge in [0, 0.05) is 0 Å². The quantitative estimate of drug-likeness (QED) is 0.842. The molecule has 0 saturated heterocycles. The number of ether oxygens (including phenoxy) is 1. The lowest BCUT2D eigenvalue weighted by Gasteiger charge is -2.15. The number of carbonyl (C=O) groups excluding carboxylic acids is 1. The van der Waals surface area contributed by atoms with Crippen molar-refractivity contribution in [2.45, 2.75) is 19.9 Å². The third kappa shape index (κ3) is 4.77. The summed E-state index contributed by atoms with van der Waals surface area (Å²) in [5.74, 6) is -0.804. The molecule has 0 aliphatic rings. The number of aliphatic carboxylic acids is 1. The molecule has 0 aliphatic carbocycles. The number of rotatable bonds is 6. The number of hydrogen-bond donors (Lipinski definition) is 2. The first-order valence-corrected chi connectivity index (χ1v) is 7.00. The Morgan fingerprint density at radius 2 is 2.00 bits per heavy atom. The highest BCUT2D eigenvalue weighted by Gasteiger charge is 2.12. The lowest BCUT2D eigenvalue weighted by Crippen LogP contribution is -2.26. The predicted octanol–water partition coefficient (Wildman–Crippen LogP) is 1.74. The van der Waals surface area contributed by atoms with Gasteiger partial charge in [-0.1, -0.05) is 12.1 Å². The highest BCUT2D eigenvalue weighted by atomic mass is 16.5. The molecule has 1 aromatic carbocycles. The first-order valence-electron chi connectivity index (χ1n) is 7.00. The summed E-state index contributed by atoms with van der Waals surface area (Å²) in [4.78, 5) is 22.6. The van der Waals surface area contributed by atoms with Crippen molar-refractivity contribution in [1.29, 1.82) is 0 Å². The van der Waals surface area contributed by atoms with Crippen molar-refractivity contribution in [1.82, 2.24) is 15.5 Å². The van der Waals surface area contributed by atoms with E-state index in [0.717, 1.165) is 5.56 Å². The molecule has 120 valence electrons. The van der Waals surface area contributed by atoms with Crippen molar-refractivity contribution in [2.24, 2.45) is 0 Å². The maximum Gasteiger partial charge on any atom is 0.341 e. The number of hydrogen-bond acceptors (Lipinski definition) is 5. The van der Waals surface area contributed by atoms with Crippen LogP contribution in [0.15, 0.2) is 36.5 Å². The van der Waals surface area contributed by atoms with Crippen LogP contribution in [0.2, 0.25) is 0 Å². The van der Waals surface area contributed by atoms with Crippen molar-refractivity contribution in [3.05, 3.63) is 53.3 Å². The number of aromatic nitrogens is 2. The first-order chi connectivity index (χ1) is 11.0. The lowest BCUT2D eigenvalue weighted by atomic mass is 10.1. The summed E-state index contributed by atoms with van der Waals surface area (Å²) in [5.41, 5.74) is 2.00. The summed E-state index contributed by atoms with van der Waals surface area (Å²) in [5, 5.41) is 19.0. The Morgan fingerprint density at radius 1 is 1.30 bits per heavy atom. The van der Waals surface area contributed by atoms with E-state index in [1.54, 1.807) is 37.3 Å². The molecule has 1 amide bonds. The van der Waals surface area contributed by atoms with E-state index in [0.29, 0.717) is 17.0 Å². The molecule has 2 rings (SSSR count). The van der Waals surface area contributed by atoms with Crippen molar-refractivity contribution in [3.63, 3.8) is 0 Å². The zero-order chi connectivity index (χ0) is 16.8. The van der Waals surface area contributed by atoms with Crippen LogP contribution in [0.3, 0.4) is 0 Å². The molecule has 1 atom stereocenters. The summed E-state index contributed by atoms with van der Waals surface area (Å²) < 4.78 is 5.06. The molecule has 0 aliphatic heterocycles. The number of aryl methyl sites for hydroxylation is 1. The third-order valence-corrected chi connectivity index (χ3v) is 3.13. The highest BCUT2D eigenvalue weighted by Crippen LogP contribution is 2.18. The minimum atomic E-state index is -1.03. The van der Waals surface area contributed by atoms with Crippen molar-refractivity contribution in [2.75, 3.05) is 6.61 Å². The number of nitrogens with zero attached hydrogens (tertiary/aromatic N) is 2. The van der Waals surface area contributed by atoms with Crippen LogP contribution in [0.1, 0.15) is 34.6 Å². The Labute approximate surface area is 133 Å². The van der Waals surface area contributed by atoms with E-state index in [2.05, 4.69) is 15.5 Å². The van der Waals surface area contributed by atoms with Gasteiger partial charge in [0.2, 0.25) is 0 Å². The predicted molar refractivity (Wildman–Crippen MR) is 82.2 cm³/mol. The number of carboxylic acid groups (broad SMARTS) is 1. The summed E-state index contributed by atoms with van der Waals surface area (Å²) in [7, 11) is 0. The Kier molecular flexibility index (Phi) is 5.24. The monoisotopic (exact) mass is 315 g/mol. The average Bonchev–Trinajstić information content (AvgIpc) is 2.53. The molecule has 2 aromatic rings. The molecule has 2 N–H and O–H groups in total. The second-order valence-corrected chi connectivity index (χ2v) is 5.03. The van der Waals surface area contributed by atoms with Gasteiger partial charge in [0.15, 0.2) is 6.61 Å². The van der Waals surface area contributed by atoms with Crippen LogP contribution >= 0.6 is 0 Å². The second kappa shape index (κ2) is 7.35. The summed E-state index contributed by atoms with van der Waals surface area (Å²) in [6.07, 6.45) is 1.41. The van der Waals surface area contributed by atoms with Crippen LogP contribution in [-0.4, -0.2) is 33.8 Å².